The van der Waals surface area contributed by atoms with Gasteiger partial charge in [-0.25, -0.2) is 8.42 Å². The minimum atomic E-state index is -3.75. The SMILES string of the molecule is Cc1ccc(Cn2nc(C)c(NS(=O)(=O)c3c(C)c(C)c(C)c(C)c3C)c2C)cc1. The number of benzene rings is 2. The fraction of sp³-hybridized carbons (Fsp3) is 0.375. The van der Waals surface area contributed by atoms with Crippen LogP contribution in [0.1, 0.15) is 50.3 Å². The number of nitrogens with zero attached hydrogens (tertiary/aromatic N) is 2. The van der Waals surface area contributed by atoms with Gasteiger partial charge in [0, 0.05) is 0 Å². The van der Waals surface area contributed by atoms with Crippen molar-refractivity contribution in [3.8, 4) is 0 Å². The van der Waals surface area contributed by atoms with E-state index in [9.17, 15) is 8.42 Å². The maximum Gasteiger partial charge on any atom is 0.262 e. The van der Waals surface area contributed by atoms with Crippen molar-refractivity contribution in [1.29, 1.82) is 0 Å². The smallest absolute Gasteiger partial charge is 0.262 e. The van der Waals surface area contributed by atoms with Gasteiger partial charge < -0.3 is 0 Å². The van der Waals surface area contributed by atoms with Crippen LogP contribution in [0, 0.1) is 55.4 Å². The number of aryl methyl sites for hydroxylation is 2. The van der Waals surface area contributed by atoms with Gasteiger partial charge in [-0.05, 0) is 88.8 Å². The summed E-state index contributed by atoms with van der Waals surface area (Å²) in [5, 5.41) is 4.59. The van der Waals surface area contributed by atoms with Crippen LogP contribution < -0.4 is 4.72 Å². The van der Waals surface area contributed by atoms with Gasteiger partial charge in [-0.2, -0.15) is 5.10 Å². The van der Waals surface area contributed by atoms with E-state index < -0.39 is 10.0 Å². The highest BCUT2D eigenvalue weighted by molar-refractivity contribution is 7.92. The Morgan fingerprint density at radius 2 is 1.30 bits per heavy atom. The first-order valence-corrected chi connectivity index (χ1v) is 11.6. The highest BCUT2D eigenvalue weighted by Crippen LogP contribution is 2.32. The number of anilines is 1. The largest absolute Gasteiger partial charge is 0.276 e. The molecule has 0 atom stereocenters. The molecule has 0 aliphatic rings. The highest BCUT2D eigenvalue weighted by atomic mass is 32.2. The van der Waals surface area contributed by atoms with Crippen molar-refractivity contribution in [2.24, 2.45) is 0 Å². The maximum atomic E-state index is 13.4. The lowest BCUT2D eigenvalue weighted by Gasteiger charge is -2.19. The van der Waals surface area contributed by atoms with Gasteiger partial charge in [-0.3, -0.25) is 9.40 Å². The molecular weight excluding hydrogens is 394 g/mol. The third kappa shape index (κ3) is 3.88. The molecule has 2 aromatic carbocycles. The Balaban J connectivity index is 2.01. The molecule has 3 rings (SSSR count). The fourth-order valence-corrected chi connectivity index (χ4v) is 5.70. The third-order valence-electron chi connectivity index (χ3n) is 6.27. The molecule has 30 heavy (non-hydrogen) atoms. The monoisotopic (exact) mass is 425 g/mol. The van der Waals surface area contributed by atoms with Crippen molar-refractivity contribution in [1.82, 2.24) is 9.78 Å². The van der Waals surface area contributed by atoms with E-state index in [1.54, 1.807) is 0 Å². The predicted molar refractivity (Wildman–Crippen MR) is 123 cm³/mol. The van der Waals surface area contributed by atoms with Crippen molar-refractivity contribution < 1.29 is 8.42 Å². The lowest BCUT2D eigenvalue weighted by molar-refractivity contribution is 0.599. The fourth-order valence-electron chi connectivity index (χ4n) is 3.92. The van der Waals surface area contributed by atoms with E-state index in [-0.39, 0.29) is 0 Å². The second-order valence-electron chi connectivity index (χ2n) is 8.25. The topological polar surface area (TPSA) is 64.0 Å². The minimum Gasteiger partial charge on any atom is -0.276 e. The molecule has 0 radical (unpaired) electrons. The Kier molecular flexibility index (Phi) is 5.83. The van der Waals surface area contributed by atoms with Crippen molar-refractivity contribution in [2.45, 2.75) is 66.8 Å². The summed E-state index contributed by atoms with van der Waals surface area (Å²) in [4.78, 5) is 0.369. The van der Waals surface area contributed by atoms with Crippen LogP contribution in [0.15, 0.2) is 29.2 Å². The number of aromatic nitrogens is 2. The summed E-state index contributed by atoms with van der Waals surface area (Å²) < 4.78 is 31.5. The first-order valence-electron chi connectivity index (χ1n) is 10.1. The van der Waals surface area contributed by atoms with Crippen LogP contribution in [0.2, 0.25) is 0 Å². The van der Waals surface area contributed by atoms with Crippen LogP contribution in [0.5, 0.6) is 0 Å². The molecule has 5 nitrogen and oxygen atoms in total. The Hall–Kier alpha value is -2.60. The summed E-state index contributed by atoms with van der Waals surface area (Å²) in [6, 6.07) is 8.27. The first kappa shape index (κ1) is 22.1. The van der Waals surface area contributed by atoms with Crippen LogP contribution in [0.4, 0.5) is 5.69 Å². The van der Waals surface area contributed by atoms with E-state index >= 15 is 0 Å². The molecule has 0 amide bonds. The summed E-state index contributed by atoms with van der Waals surface area (Å²) in [6.45, 7) is 16.1. The molecule has 0 fully saturated rings. The molecule has 0 bridgehead atoms. The van der Waals surface area contributed by atoms with Gasteiger partial charge in [0.05, 0.1) is 28.5 Å². The molecule has 6 heteroatoms. The third-order valence-corrected chi connectivity index (χ3v) is 7.89. The average Bonchev–Trinajstić information content (AvgIpc) is 2.93. The van der Waals surface area contributed by atoms with Crippen molar-refractivity contribution in [3.05, 3.63) is 74.6 Å². The van der Waals surface area contributed by atoms with E-state index in [4.69, 9.17) is 0 Å². The quantitative estimate of drug-likeness (QED) is 0.611. The van der Waals surface area contributed by atoms with Gasteiger partial charge in [0.1, 0.15) is 0 Å². The number of nitrogens with one attached hydrogen (secondary N) is 1. The van der Waals surface area contributed by atoms with Crippen LogP contribution in [0.25, 0.3) is 0 Å². The Morgan fingerprint density at radius 3 is 1.83 bits per heavy atom. The van der Waals surface area contributed by atoms with Gasteiger partial charge >= 0.3 is 0 Å². The van der Waals surface area contributed by atoms with E-state index in [0.29, 0.717) is 22.8 Å². The Bertz CT molecular complexity index is 1190. The van der Waals surface area contributed by atoms with Crippen molar-refractivity contribution in [2.75, 3.05) is 4.72 Å². The summed E-state index contributed by atoms with van der Waals surface area (Å²) >= 11 is 0. The minimum absolute atomic E-state index is 0.369. The summed E-state index contributed by atoms with van der Waals surface area (Å²) in [5.41, 5.74) is 9.11. The molecule has 1 heterocycles. The van der Waals surface area contributed by atoms with Gasteiger partial charge in [-0.15, -0.1) is 0 Å². The molecule has 1 N–H and O–H groups in total. The van der Waals surface area contributed by atoms with Crippen molar-refractivity contribution >= 4 is 15.7 Å². The van der Waals surface area contributed by atoms with Gasteiger partial charge in [0.15, 0.2) is 0 Å². The molecule has 0 unspecified atom stereocenters. The number of sulfonamides is 1. The summed E-state index contributed by atoms with van der Waals surface area (Å²) in [5.74, 6) is 0. The van der Waals surface area contributed by atoms with Crippen LogP contribution in [-0.2, 0) is 16.6 Å². The normalized spacial score (nSPS) is 11.7. The van der Waals surface area contributed by atoms with Gasteiger partial charge in [0.2, 0.25) is 0 Å². The number of hydrogen-bond acceptors (Lipinski definition) is 3. The molecule has 0 aliphatic carbocycles. The molecule has 3 aromatic rings. The summed E-state index contributed by atoms with van der Waals surface area (Å²) in [7, 11) is -3.75. The lowest BCUT2D eigenvalue weighted by atomic mass is 9.95. The van der Waals surface area contributed by atoms with Crippen LogP contribution in [0.3, 0.4) is 0 Å². The summed E-state index contributed by atoms with van der Waals surface area (Å²) in [6.07, 6.45) is 0. The molecule has 0 aliphatic heterocycles. The predicted octanol–water partition coefficient (Wildman–Crippen LogP) is 5.20. The zero-order valence-electron chi connectivity index (χ0n) is 19.1. The molecule has 0 saturated heterocycles. The van der Waals surface area contributed by atoms with Crippen LogP contribution >= 0.6 is 0 Å². The Labute approximate surface area is 180 Å². The zero-order chi connectivity index (χ0) is 22.4. The lowest BCUT2D eigenvalue weighted by Crippen LogP contribution is -2.18. The van der Waals surface area contributed by atoms with Gasteiger partial charge in [0.25, 0.3) is 10.0 Å². The molecule has 0 saturated carbocycles. The Morgan fingerprint density at radius 1 is 0.800 bits per heavy atom. The molecule has 1 aromatic heterocycles. The van der Waals surface area contributed by atoms with E-state index in [0.717, 1.165) is 39.1 Å². The number of hydrogen-bond donors (Lipinski definition) is 1. The molecular formula is C24H31N3O2S. The van der Waals surface area contributed by atoms with Gasteiger partial charge in [-0.1, -0.05) is 29.8 Å². The van der Waals surface area contributed by atoms with E-state index in [1.807, 2.05) is 53.1 Å². The zero-order valence-corrected chi connectivity index (χ0v) is 20.0. The van der Waals surface area contributed by atoms with Crippen LogP contribution in [-0.4, -0.2) is 18.2 Å². The molecule has 0 spiro atoms. The average molecular weight is 426 g/mol. The number of rotatable bonds is 5. The van der Waals surface area contributed by atoms with E-state index in [2.05, 4.69) is 41.0 Å². The van der Waals surface area contributed by atoms with Crippen molar-refractivity contribution in [3.63, 3.8) is 0 Å². The second kappa shape index (κ2) is 7.91. The maximum absolute atomic E-state index is 13.4. The highest BCUT2D eigenvalue weighted by Gasteiger charge is 2.26. The second-order valence-corrected chi connectivity index (χ2v) is 9.87. The standard InChI is InChI=1S/C24H31N3O2S/c1-14-9-11-22(12-10-14)13-27-21(8)23(20(7)25-27)26-30(28,29)24-18(5)16(3)15(2)17(4)19(24)6/h9-12,26H,13H2,1-8H3. The molecule has 160 valence electrons. The van der Waals surface area contributed by atoms with E-state index in [1.165, 1.54) is 5.56 Å². The first-order chi connectivity index (χ1) is 13.9.